The van der Waals surface area contributed by atoms with Gasteiger partial charge in [-0.1, -0.05) is 20.8 Å². The van der Waals surface area contributed by atoms with Crippen LogP contribution < -0.4 is 0 Å². The van der Waals surface area contributed by atoms with Crippen molar-refractivity contribution in [3.63, 3.8) is 0 Å². The quantitative estimate of drug-likeness (QED) is 0.770. The van der Waals surface area contributed by atoms with Crippen molar-refractivity contribution >= 4 is 0 Å². The highest BCUT2D eigenvalue weighted by molar-refractivity contribution is 4.79. The van der Waals surface area contributed by atoms with Crippen LogP contribution >= 0.6 is 0 Å². The fraction of sp³-hybridized carbons (Fsp3) is 1.00. The highest BCUT2D eigenvalue weighted by atomic mass is 16.3. The SMILES string of the molecule is CC(C)(C)C1CCCN(CC(O)CO)CC1. The molecule has 0 amide bonds. The van der Waals surface area contributed by atoms with Gasteiger partial charge in [0.1, 0.15) is 0 Å². The summed E-state index contributed by atoms with van der Waals surface area (Å²) >= 11 is 0. The largest absolute Gasteiger partial charge is 0.394 e. The fourth-order valence-electron chi connectivity index (χ4n) is 2.56. The summed E-state index contributed by atoms with van der Waals surface area (Å²) in [6.07, 6.45) is 3.13. The van der Waals surface area contributed by atoms with E-state index in [-0.39, 0.29) is 6.61 Å². The number of likely N-dealkylation sites (tertiary alicyclic amines) is 1. The van der Waals surface area contributed by atoms with E-state index in [9.17, 15) is 5.11 Å². The van der Waals surface area contributed by atoms with Crippen molar-refractivity contribution in [1.82, 2.24) is 4.90 Å². The summed E-state index contributed by atoms with van der Waals surface area (Å²) in [6, 6.07) is 0. The van der Waals surface area contributed by atoms with Crippen LogP contribution in [-0.2, 0) is 0 Å². The van der Waals surface area contributed by atoms with E-state index < -0.39 is 6.10 Å². The Bertz CT molecular complexity index is 201. The lowest BCUT2D eigenvalue weighted by molar-refractivity contribution is 0.0593. The lowest BCUT2D eigenvalue weighted by Crippen LogP contribution is -2.35. The molecule has 1 heterocycles. The van der Waals surface area contributed by atoms with Crippen molar-refractivity contribution in [2.45, 2.75) is 46.1 Å². The summed E-state index contributed by atoms with van der Waals surface area (Å²) in [5.41, 5.74) is 0.394. The topological polar surface area (TPSA) is 43.7 Å². The Kier molecular flexibility index (Phi) is 5.22. The van der Waals surface area contributed by atoms with Gasteiger partial charge in [-0.05, 0) is 43.7 Å². The van der Waals surface area contributed by atoms with E-state index in [1.165, 1.54) is 19.3 Å². The van der Waals surface area contributed by atoms with Crippen LogP contribution in [0.3, 0.4) is 0 Å². The third-order valence-electron chi connectivity index (χ3n) is 3.73. The Hall–Kier alpha value is -0.120. The van der Waals surface area contributed by atoms with Crippen LogP contribution in [0, 0.1) is 11.3 Å². The van der Waals surface area contributed by atoms with Gasteiger partial charge >= 0.3 is 0 Å². The van der Waals surface area contributed by atoms with Gasteiger partial charge in [-0.25, -0.2) is 0 Å². The van der Waals surface area contributed by atoms with Gasteiger partial charge in [0.2, 0.25) is 0 Å². The predicted octanol–water partition coefficient (Wildman–Crippen LogP) is 1.49. The minimum absolute atomic E-state index is 0.126. The van der Waals surface area contributed by atoms with Crippen molar-refractivity contribution in [1.29, 1.82) is 0 Å². The molecule has 0 bridgehead atoms. The van der Waals surface area contributed by atoms with Crippen molar-refractivity contribution in [3.8, 4) is 0 Å². The van der Waals surface area contributed by atoms with E-state index in [0.717, 1.165) is 19.0 Å². The Labute approximate surface area is 99.5 Å². The van der Waals surface area contributed by atoms with Gasteiger partial charge in [0.25, 0.3) is 0 Å². The first-order valence-electron chi connectivity index (χ1n) is 6.44. The number of aliphatic hydroxyl groups excluding tert-OH is 2. The van der Waals surface area contributed by atoms with Crippen LogP contribution in [0.2, 0.25) is 0 Å². The van der Waals surface area contributed by atoms with Crippen LogP contribution in [0.15, 0.2) is 0 Å². The molecule has 0 saturated carbocycles. The molecule has 96 valence electrons. The monoisotopic (exact) mass is 229 g/mol. The Morgan fingerprint density at radius 3 is 2.50 bits per heavy atom. The van der Waals surface area contributed by atoms with Gasteiger partial charge in [-0.3, -0.25) is 0 Å². The number of nitrogens with zero attached hydrogens (tertiary/aromatic N) is 1. The zero-order valence-electron chi connectivity index (χ0n) is 10.9. The minimum Gasteiger partial charge on any atom is -0.394 e. The Balaban J connectivity index is 2.40. The molecular weight excluding hydrogens is 202 g/mol. The number of hydrogen-bond acceptors (Lipinski definition) is 3. The maximum atomic E-state index is 9.44. The van der Waals surface area contributed by atoms with E-state index in [1.807, 2.05) is 0 Å². The molecule has 2 unspecified atom stereocenters. The molecule has 1 aliphatic rings. The predicted molar refractivity (Wildman–Crippen MR) is 66.3 cm³/mol. The van der Waals surface area contributed by atoms with E-state index in [4.69, 9.17) is 5.11 Å². The molecule has 3 heteroatoms. The maximum absolute atomic E-state index is 9.44. The molecule has 0 spiro atoms. The highest BCUT2D eigenvalue weighted by Gasteiger charge is 2.27. The highest BCUT2D eigenvalue weighted by Crippen LogP contribution is 2.34. The normalized spacial score (nSPS) is 26.4. The van der Waals surface area contributed by atoms with E-state index in [2.05, 4.69) is 25.7 Å². The van der Waals surface area contributed by atoms with Gasteiger partial charge in [0.05, 0.1) is 12.7 Å². The minimum atomic E-state index is -0.578. The van der Waals surface area contributed by atoms with Gasteiger partial charge in [-0.15, -0.1) is 0 Å². The van der Waals surface area contributed by atoms with E-state index in [0.29, 0.717) is 12.0 Å². The maximum Gasteiger partial charge on any atom is 0.0897 e. The summed E-state index contributed by atoms with van der Waals surface area (Å²) < 4.78 is 0. The molecule has 0 aromatic carbocycles. The van der Waals surface area contributed by atoms with Crippen LogP contribution in [0.25, 0.3) is 0 Å². The molecule has 1 aliphatic heterocycles. The molecule has 2 atom stereocenters. The Morgan fingerprint density at radius 1 is 1.25 bits per heavy atom. The first kappa shape index (κ1) is 13.9. The number of hydrogen-bond donors (Lipinski definition) is 2. The van der Waals surface area contributed by atoms with Crippen LogP contribution in [0.1, 0.15) is 40.0 Å². The van der Waals surface area contributed by atoms with Crippen molar-refractivity contribution in [2.75, 3.05) is 26.2 Å². The summed E-state index contributed by atoms with van der Waals surface area (Å²) in [4.78, 5) is 2.28. The summed E-state index contributed by atoms with van der Waals surface area (Å²) in [5.74, 6) is 0.781. The first-order valence-corrected chi connectivity index (χ1v) is 6.44. The van der Waals surface area contributed by atoms with Crippen LogP contribution in [0.4, 0.5) is 0 Å². The van der Waals surface area contributed by atoms with Crippen molar-refractivity contribution < 1.29 is 10.2 Å². The molecule has 1 fully saturated rings. The Morgan fingerprint density at radius 2 is 1.94 bits per heavy atom. The smallest absolute Gasteiger partial charge is 0.0897 e. The summed E-state index contributed by atoms with van der Waals surface area (Å²) in [7, 11) is 0. The van der Waals surface area contributed by atoms with Gasteiger partial charge in [-0.2, -0.15) is 0 Å². The molecule has 3 nitrogen and oxygen atoms in total. The second kappa shape index (κ2) is 5.99. The zero-order chi connectivity index (χ0) is 12.2. The standard InChI is InChI=1S/C13H27NO2/c1-13(2,3)11-5-4-7-14(8-6-11)9-12(16)10-15/h11-12,15-16H,4-10H2,1-3H3. The molecule has 0 radical (unpaired) electrons. The third-order valence-corrected chi connectivity index (χ3v) is 3.73. The molecule has 0 aromatic heterocycles. The molecule has 0 aliphatic carbocycles. The molecule has 2 N–H and O–H groups in total. The first-order chi connectivity index (χ1) is 7.43. The number of aliphatic hydroxyl groups is 2. The number of rotatable bonds is 3. The van der Waals surface area contributed by atoms with E-state index >= 15 is 0 Å². The molecular formula is C13H27NO2. The lowest BCUT2D eigenvalue weighted by atomic mass is 9.77. The van der Waals surface area contributed by atoms with Crippen LogP contribution in [-0.4, -0.2) is 47.5 Å². The van der Waals surface area contributed by atoms with Crippen molar-refractivity contribution in [3.05, 3.63) is 0 Å². The zero-order valence-corrected chi connectivity index (χ0v) is 10.9. The third kappa shape index (κ3) is 4.40. The summed E-state index contributed by atoms with van der Waals surface area (Å²) in [6.45, 7) is 9.55. The average Bonchev–Trinajstić information content (AvgIpc) is 2.42. The summed E-state index contributed by atoms with van der Waals surface area (Å²) in [5, 5.41) is 18.3. The average molecular weight is 229 g/mol. The molecule has 0 aromatic rings. The van der Waals surface area contributed by atoms with Crippen molar-refractivity contribution in [2.24, 2.45) is 11.3 Å². The second-order valence-electron chi connectivity index (χ2n) is 6.13. The second-order valence-corrected chi connectivity index (χ2v) is 6.13. The van der Waals surface area contributed by atoms with Gasteiger partial charge in [0.15, 0.2) is 0 Å². The molecule has 1 rings (SSSR count). The molecule has 1 saturated heterocycles. The molecule has 16 heavy (non-hydrogen) atoms. The lowest BCUT2D eigenvalue weighted by Gasteiger charge is -2.30. The van der Waals surface area contributed by atoms with Gasteiger partial charge in [0, 0.05) is 6.54 Å². The number of β-amino-alcohol motifs (C(OH)–C–C–N with tert-alkyl or cyclic N) is 1. The van der Waals surface area contributed by atoms with Crippen LogP contribution in [0.5, 0.6) is 0 Å². The van der Waals surface area contributed by atoms with Gasteiger partial charge < -0.3 is 15.1 Å². The van der Waals surface area contributed by atoms with E-state index in [1.54, 1.807) is 0 Å². The fourth-order valence-corrected chi connectivity index (χ4v) is 2.56.